The first-order valence-corrected chi connectivity index (χ1v) is 7.98. The lowest BCUT2D eigenvalue weighted by Gasteiger charge is -2.13. The van der Waals surface area contributed by atoms with Crippen LogP contribution >= 0.6 is 34.8 Å². The van der Waals surface area contributed by atoms with E-state index in [-0.39, 0.29) is 27.7 Å². The SMILES string of the molecule is C/C(=N/Nc1c(Cl)c(Cl)nc(C(=O)[O-])c1Cl)c1ccc2c(c1)OCO2. The summed E-state index contributed by atoms with van der Waals surface area (Å²) in [4.78, 5) is 14.6. The van der Waals surface area contributed by atoms with Crippen molar-refractivity contribution in [1.29, 1.82) is 0 Å². The van der Waals surface area contributed by atoms with Crippen molar-refractivity contribution < 1.29 is 19.4 Å². The summed E-state index contributed by atoms with van der Waals surface area (Å²) in [5, 5.41) is 14.7. The van der Waals surface area contributed by atoms with Gasteiger partial charge in [-0.3, -0.25) is 5.43 Å². The third-order valence-corrected chi connectivity index (χ3v) is 4.46. The van der Waals surface area contributed by atoms with Crippen molar-refractivity contribution in [2.24, 2.45) is 5.10 Å². The zero-order chi connectivity index (χ0) is 18.1. The number of nitrogens with zero attached hydrogens (tertiary/aromatic N) is 2. The molecule has 0 spiro atoms. The summed E-state index contributed by atoms with van der Waals surface area (Å²) in [7, 11) is 0. The summed E-state index contributed by atoms with van der Waals surface area (Å²) in [6, 6.07) is 5.32. The van der Waals surface area contributed by atoms with Crippen LogP contribution in [0.3, 0.4) is 0 Å². The van der Waals surface area contributed by atoms with E-state index in [0.29, 0.717) is 17.2 Å². The van der Waals surface area contributed by atoms with Gasteiger partial charge in [0.05, 0.1) is 22.4 Å². The smallest absolute Gasteiger partial charge is 0.231 e. The van der Waals surface area contributed by atoms with Crippen molar-refractivity contribution in [3.63, 3.8) is 0 Å². The highest BCUT2D eigenvalue weighted by Gasteiger charge is 2.18. The number of hydrogen-bond acceptors (Lipinski definition) is 7. The molecule has 1 aliphatic rings. The Balaban J connectivity index is 1.92. The minimum absolute atomic E-state index is 0.0163. The number of halogens is 3. The number of benzene rings is 1. The molecule has 0 amide bonds. The molecule has 130 valence electrons. The molecule has 2 aromatic rings. The van der Waals surface area contributed by atoms with Crippen LogP contribution in [0.15, 0.2) is 23.3 Å². The van der Waals surface area contributed by atoms with Crippen LogP contribution in [0.25, 0.3) is 0 Å². The molecular formula is C15H9Cl3N3O4-. The average Bonchev–Trinajstić information content (AvgIpc) is 3.05. The van der Waals surface area contributed by atoms with Crippen molar-refractivity contribution in [2.75, 3.05) is 12.2 Å². The second kappa shape index (κ2) is 6.95. The number of anilines is 1. The van der Waals surface area contributed by atoms with E-state index in [1.54, 1.807) is 25.1 Å². The molecule has 3 rings (SSSR count). The molecule has 25 heavy (non-hydrogen) atoms. The van der Waals surface area contributed by atoms with E-state index in [1.165, 1.54) is 0 Å². The van der Waals surface area contributed by atoms with Gasteiger partial charge in [-0.2, -0.15) is 5.10 Å². The van der Waals surface area contributed by atoms with Crippen molar-refractivity contribution in [1.82, 2.24) is 4.98 Å². The van der Waals surface area contributed by atoms with Crippen molar-refractivity contribution >= 4 is 52.2 Å². The molecule has 1 aromatic heterocycles. The van der Waals surface area contributed by atoms with E-state index in [2.05, 4.69) is 15.5 Å². The fourth-order valence-electron chi connectivity index (χ4n) is 2.07. The molecular weight excluding hydrogens is 393 g/mol. The maximum absolute atomic E-state index is 11.1. The van der Waals surface area contributed by atoms with Gasteiger partial charge in [-0.15, -0.1) is 0 Å². The Hall–Kier alpha value is -2.22. The van der Waals surface area contributed by atoms with Crippen LogP contribution in [0.2, 0.25) is 15.2 Å². The van der Waals surface area contributed by atoms with Gasteiger partial charge in [0.25, 0.3) is 0 Å². The number of hydrazone groups is 1. The van der Waals surface area contributed by atoms with Gasteiger partial charge in [-0.05, 0) is 25.1 Å². The second-order valence-corrected chi connectivity index (χ2v) is 6.03. The fourth-order valence-corrected chi connectivity index (χ4v) is 2.74. The third-order valence-electron chi connectivity index (χ3n) is 3.36. The van der Waals surface area contributed by atoms with E-state index in [1.807, 2.05) is 0 Å². The van der Waals surface area contributed by atoms with Gasteiger partial charge >= 0.3 is 0 Å². The number of aromatic carboxylic acids is 1. The monoisotopic (exact) mass is 400 g/mol. The average molecular weight is 402 g/mol. The number of carbonyl (C=O) groups is 1. The molecule has 0 saturated heterocycles. The highest BCUT2D eigenvalue weighted by atomic mass is 35.5. The van der Waals surface area contributed by atoms with E-state index in [9.17, 15) is 9.90 Å². The quantitative estimate of drug-likeness (QED) is 0.481. The molecule has 0 radical (unpaired) electrons. The van der Waals surface area contributed by atoms with Gasteiger partial charge in [0.15, 0.2) is 16.7 Å². The Morgan fingerprint density at radius 2 is 1.96 bits per heavy atom. The van der Waals surface area contributed by atoms with E-state index in [4.69, 9.17) is 44.3 Å². The Kier molecular flexibility index (Phi) is 4.89. The minimum Gasteiger partial charge on any atom is -0.543 e. The first-order chi connectivity index (χ1) is 11.9. The molecule has 0 unspecified atom stereocenters. The van der Waals surface area contributed by atoms with Gasteiger partial charge in [-0.1, -0.05) is 34.8 Å². The largest absolute Gasteiger partial charge is 0.543 e. The van der Waals surface area contributed by atoms with E-state index < -0.39 is 11.7 Å². The first kappa shape index (κ1) is 17.6. The minimum atomic E-state index is -1.58. The van der Waals surface area contributed by atoms with Crippen LogP contribution in [0.5, 0.6) is 11.5 Å². The Morgan fingerprint density at radius 1 is 1.24 bits per heavy atom. The van der Waals surface area contributed by atoms with Crippen LogP contribution < -0.4 is 20.0 Å². The number of carboxylic acids is 1. The maximum atomic E-state index is 11.1. The van der Waals surface area contributed by atoms with Crippen molar-refractivity contribution in [3.8, 4) is 11.5 Å². The summed E-state index contributed by atoms with van der Waals surface area (Å²) in [6.07, 6.45) is 0. The Morgan fingerprint density at radius 3 is 2.68 bits per heavy atom. The highest BCUT2D eigenvalue weighted by Crippen LogP contribution is 2.37. The number of carbonyl (C=O) groups excluding carboxylic acids is 1. The first-order valence-electron chi connectivity index (χ1n) is 6.84. The molecule has 1 aliphatic heterocycles. The van der Waals surface area contributed by atoms with Gasteiger partial charge in [0.2, 0.25) is 6.79 Å². The lowest BCUT2D eigenvalue weighted by Crippen LogP contribution is -2.24. The summed E-state index contributed by atoms with van der Waals surface area (Å²) in [5.41, 5.74) is 3.42. The number of pyridine rings is 1. The number of fused-ring (bicyclic) bond motifs is 1. The fraction of sp³-hybridized carbons (Fsp3) is 0.133. The van der Waals surface area contributed by atoms with Crippen molar-refractivity contribution in [3.05, 3.63) is 44.7 Å². The topological polar surface area (TPSA) is 95.9 Å². The lowest BCUT2D eigenvalue weighted by atomic mass is 10.1. The Bertz CT molecular complexity index is 902. The standard InChI is InChI=1S/C15H10Cl3N3O4/c1-6(7-2-3-8-9(4-7)25-5-24-8)20-21-12-10(16)13(15(22)23)19-14(18)11(12)17/h2-4H,5H2,1H3,(H,19,21)(H,22,23)/p-1/b20-6-. The predicted octanol–water partition coefficient (Wildman–Crippen LogP) is 2.97. The van der Waals surface area contributed by atoms with Crippen LogP contribution in [-0.2, 0) is 0 Å². The molecule has 7 nitrogen and oxygen atoms in total. The van der Waals surface area contributed by atoms with Crippen LogP contribution in [0.1, 0.15) is 23.0 Å². The van der Waals surface area contributed by atoms with Crippen LogP contribution in [0, 0.1) is 0 Å². The second-order valence-electron chi connectivity index (χ2n) is 4.92. The summed E-state index contributed by atoms with van der Waals surface area (Å²) < 4.78 is 10.6. The highest BCUT2D eigenvalue weighted by molar-refractivity contribution is 6.46. The number of ether oxygens (including phenoxy) is 2. The van der Waals surface area contributed by atoms with Gasteiger partial charge < -0.3 is 19.4 Å². The molecule has 0 fully saturated rings. The van der Waals surface area contributed by atoms with Crippen LogP contribution in [0.4, 0.5) is 5.69 Å². The van der Waals surface area contributed by atoms with Crippen LogP contribution in [-0.4, -0.2) is 23.5 Å². The molecule has 1 aromatic carbocycles. The summed E-state index contributed by atoms with van der Waals surface area (Å²) in [5.74, 6) is -0.326. The molecule has 0 atom stereocenters. The molecule has 10 heteroatoms. The third kappa shape index (κ3) is 3.44. The van der Waals surface area contributed by atoms with Gasteiger partial charge in [0.1, 0.15) is 10.7 Å². The zero-order valence-electron chi connectivity index (χ0n) is 12.6. The lowest BCUT2D eigenvalue weighted by molar-refractivity contribution is -0.255. The number of carboxylic acid groups (broad SMARTS) is 1. The molecule has 0 aliphatic carbocycles. The molecule has 2 heterocycles. The number of hydrogen-bond donors (Lipinski definition) is 1. The number of aromatic nitrogens is 1. The van der Waals surface area contributed by atoms with Crippen molar-refractivity contribution in [2.45, 2.75) is 6.92 Å². The van der Waals surface area contributed by atoms with E-state index in [0.717, 1.165) is 5.56 Å². The zero-order valence-corrected chi connectivity index (χ0v) is 14.9. The Labute approximate surface area is 157 Å². The summed E-state index contributed by atoms with van der Waals surface area (Å²) >= 11 is 17.8. The van der Waals surface area contributed by atoms with Gasteiger partial charge in [0, 0.05) is 5.56 Å². The summed E-state index contributed by atoms with van der Waals surface area (Å²) in [6.45, 7) is 1.90. The predicted molar refractivity (Wildman–Crippen MR) is 92.0 cm³/mol. The maximum Gasteiger partial charge on any atom is 0.231 e. The van der Waals surface area contributed by atoms with E-state index >= 15 is 0 Å². The normalized spacial score (nSPS) is 13.0. The molecule has 1 N–H and O–H groups in total. The number of rotatable bonds is 4. The van der Waals surface area contributed by atoms with Gasteiger partial charge in [-0.25, -0.2) is 4.98 Å². The number of nitrogens with one attached hydrogen (secondary N) is 1. The molecule has 0 saturated carbocycles. The molecule has 0 bridgehead atoms.